The Hall–Kier alpha value is -1.38. The quantitative estimate of drug-likeness (QED) is 0.0329. The van der Waals surface area contributed by atoms with Crippen LogP contribution in [0.4, 0.5) is 0 Å². The number of hydrogen-bond acceptors (Lipinski definition) is 12. The van der Waals surface area contributed by atoms with E-state index in [-0.39, 0.29) is 37.6 Å². The zero-order valence-electron chi connectivity index (χ0n) is 39.4. The van der Waals surface area contributed by atoms with Crippen molar-refractivity contribution in [2.24, 2.45) is 0 Å². The highest BCUT2D eigenvalue weighted by molar-refractivity contribution is 5.69. The van der Waals surface area contributed by atoms with Crippen LogP contribution < -0.4 is 0 Å². The van der Waals surface area contributed by atoms with E-state index in [1.54, 1.807) is 0 Å². The smallest absolute Gasteiger partial charge is 0.308 e. The third kappa shape index (κ3) is 32.0. The molecule has 0 radical (unpaired) electrons. The van der Waals surface area contributed by atoms with E-state index in [1.165, 1.54) is 25.7 Å². The van der Waals surface area contributed by atoms with Crippen LogP contribution in [-0.4, -0.2) is 89.3 Å². The minimum atomic E-state index is -1.34. The lowest BCUT2D eigenvalue weighted by molar-refractivity contribution is -0.398. The fourth-order valence-corrected chi connectivity index (χ4v) is 6.15. The molecule has 0 aromatic rings. The third-order valence-electron chi connectivity index (χ3n) is 9.38. The maximum atomic E-state index is 13.1. The van der Waals surface area contributed by atoms with Crippen LogP contribution in [0.25, 0.3) is 0 Å². The van der Waals surface area contributed by atoms with Crippen molar-refractivity contribution in [1.82, 2.24) is 0 Å². The van der Waals surface area contributed by atoms with Crippen LogP contribution >= 0.6 is 0 Å². The van der Waals surface area contributed by atoms with Gasteiger partial charge in [-0.25, -0.2) is 0 Å². The predicted octanol–water partition coefficient (Wildman–Crippen LogP) is 12.1. The van der Waals surface area contributed by atoms with Crippen LogP contribution in [0, 0.1) is 0 Å². The standard InChI is InChI=1S/C47H92O12/c1-9-17-19-24-28-38-50-44(40-46(52-32-11-3,53-33-12-4)54-34-13-5)58-42(48)30-26-22-21-23-27-31-43(49)59-45(51-39-29-25-20-18-10-2)41-47(55-35-14-6,56-36-15-7)57-37-16-8/h44-45H,9-41H2,1-8H3. The van der Waals surface area contributed by atoms with Crippen LogP contribution in [-0.2, 0) is 57.0 Å². The zero-order chi connectivity index (χ0) is 43.7. The van der Waals surface area contributed by atoms with Crippen LogP contribution in [0.2, 0.25) is 0 Å². The normalized spacial score (nSPS) is 13.2. The van der Waals surface area contributed by atoms with Crippen LogP contribution in [0.1, 0.15) is 216 Å². The maximum absolute atomic E-state index is 13.1. The summed E-state index contributed by atoms with van der Waals surface area (Å²) in [6.07, 6.45) is 18.7. The molecule has 2 unspecified atom stereocenters. The second-order valence-corrected chi connectivity index (χ2v) is 15.5. The number of carbonyl (C=O) groups excluding carboxylic acids is 2. The van der Waals surface area contributed by atoms with Crippen LogP contribution in [0.5, 0.6) is 0 Å². The largest absolute Gasteiger partial charge is 0.435 e. The molecule has 0 amide bonds. The molecule has 0 N–H and O–H groups in total. The number of esters is 2. The topological polar surface area (TPSA) is 126 Å². The Kier molecular flexibility index (Phi) is 39.7. The fourth-order valence-electron chi connectivity index (χ4n) is 6.15. The molecule has 0 fully saturated rings. The Balaban J connectivity index is 5.26. The van der Waals surface area contributed by atoms with Crippen molar-refractivity contribution >= 4 is 11.9 Å². The van der Waals surface area contributed by atoms with Gasteiger partial charge in [0.15, 0.2) is 0 Å². The summed E-state index contributed by atoms with van der Waals surface area (Å²) >= 11 is 0. The highest BCUT2D eigenvalue weighted by Crippen LogP contribution is 2.28. The van der Waals surface area contributed by atoms with Gasteiger partial charge in [-0.3, -0.25) is 9.59 Å². The highest BCUT2D eigenvalue weighted by Gasteiger charge is 2.40. The lowest BCUT2D eigenvalue weighted by atomic mass is 10.1. The van der Waals surface area contributed by atoms with E-state index >= 15 is 0 Å². The van der Waals surface area contributed by atoms with E-state index in [2.05, 4.69) is 13.8 Å². The summed E-state index contributed by atoms with van der Waals surface area (Å²) in [5.74, 6) is -3.31. The van der Waals surface area contributed by atoms with Crippen molar-refractivity contribution in [3.05, 3.63) is 0 Å². The van der Waals surface area contributed by atoms with Gasteiger partial charge in [0.1, 0.15) is 0 Å². The van der Waals surface area contributed by atoms with Gasteiger partial charge in [0.25, 0.3) is 11.9 Å². The zero-order valence-corrected chi connectivity index (χ0v) is 39.4. The van der Waals surface area contributed by atoms with Crippen molar-refractivity contribution in [2.45, 2.75) is 240 Å². The average Bonchev–Trinajstić information content (AvgIpc) is 3.23. The highest BCUT2D eigenvalue weighted by atomic mass is 16.9. The van der Waals surface area contributed by atoms with Gasteiger partial charge in [0.2, 0.25) is 12.6 Å². The molecule has 352 valence electrons. The van der Waals surface area contributed by atoms with E-state index in [1.807, 2.05) is 41.5 Å². The van der Waals surface area contributed by atoms with E-state index in [0.29, 0.717) is 65.7 Å². The molecule has 0 aliphatic heterocycles. The van der Waals surface area contributed by atoms with Crippen molar-refractivity contribution in [2.75, 3.05) is 52.9 Å². The molecular weight excluding hydrogens is 757 g/mol. The van der Waals surface area contributed by atoms with Gasteiger partial charge in [-0.2, -0.15) is 0 Å². The second-order valence-electron chi connectivity index (χ2n) is 15.5. The average molecular weight is 849 g/mol. The first-order chi connectivity index (χ1) is 28.7. The summed E-state index contributed by atoms with van der Waals surface area (Å²) in [5.41, 5.74) is 0. The lowest BCUT2D eigenvalue weighted by Crippen LogP contribution is -2.45. The van der Waals surface area contributed by atoms with Crippen molar-refractivity contribution in [3.63, 3.8) is 0 Å². The summed E-state index contributed by atoms with van der Waals surface area (Å²) in [6, 6.07) is 0. The number of hydrogen-bond donors (Lipinski definition) is 0. The molecule has 0 aliphatic rings. The van der Waals surface area contributed by atoms with Gasteiger partial charge in [0, 0.05) is 12.8 Å². The summed E-state index contributed by atoms with van der Waals surface area (Å²) in [5, 5.41) is 0. The summed E-state index contributed by atoms with van der Waals surface area (Å²) in [4.78, 5) is 26.3. The molecule has 0 bridgehead atoms. The van der Waals surface area contributed by atoms with Crippen LogP contribution in [0.15, 0.2) is 0 Å². The molecule has 0 spiro atoms. The molecule has 0 aromatic heterocycles. The molecule has 12 heteroatoms. The molecule has 0 aromatic carbocycles. The first-order valence-corrected chi connectivity index (χ1v) is 24.2. The number of ether oxygens (including phenoxy) is 10. The number of carbonyl (C=O) groups is 2. The van der Waals surface area contributed by atoms with E-state index in [9.17, 15) is 9.59 Å². The monoisotopic (exact) mass is 849 g/mol. The molecule has 2 atom stereocenters. The van der Waals surface area contributed by atoms with Gasteiger partial charge in [-0.05, 0) is 64.2 Å². The van der Waals surface area contributed by atoms with E-state index in [0.717, 1.165) is 96.3 Å². The molecule has 0 saturated heterocycles. The number of rotatable bonds is 46. The Bertz CT molecular complexity index is 819. The van der Waals surface area contributed by atoms with Crippen molar-refractivity contribution in [3.8, 4) is 0 Å². The predicted molar refractivity (Wildman–Crippen MR) is 234 cm³/mol. The molecule has 0 saturated carbocycles. The third-order valence-corrected chi connectivity index (χ3v) is 9.38. The Labute approximate surface area is 361 Å². The van der Waals surface area contributed by atoms with Crippen LogP contribution in [0.3, 0.4) is 0 Å². The molecule has 0 rings (SSSR count). The lowest BCUT2D eigenvalue weighted by Gasteiger charge is -2.35. The minimum Gasteiger partial charge on any atom is -0.435 e. The fraction of sp³-hybridized carbons (Fsp3) is 0.957. The molecule has 0 aliphatic carbocycles. The molecule has 12 nitrogen and oxygen atoms in total. The van der Waals surface area contributed by atoms with Crippen molar-refractivity contribution in [1.29, 1.82) is 0 Å². The maximum Gasteiger partial charge on any atom is 0.308 e. The van der Waals surface area contributed by atoms with E-state index in [4.69, 9.17) is 47.4 Å². The van der Waals surface area contributed by atoms with Gasteiger partial charge in [-0.15, -0.1) is 0 Å². The minimum absolute atomic E-state index is 0.138. The van der Waals surface area contributed by atoms with Gasteiger partial charge in [0.05, 0.1) is 65.7 Å². The summed E-state index contributed by atoms with van der Waals surface area (Å²) in [7, 11) is 0. The summed E-state index contributed by atoms with van der Waals surface area (Å²) < 4.78 is 61.1. The molecule has 0 heterocycles. The van der Waals surface area contributed by atoms with Gasteiger partial charge < -0.3 is 47.4 Å². The van der Waals surface area contributed by atoms with Gasteiger partial charge in [-0.1, -0.05) is 126 Å². The Morgan fingerprint density at radius 1 is 0.339 bits per heavy atom. The Morgan fingerprint density at radius 3 is 0.898 bits per heavy atom. The molecular formula is C47H92O12. The SMILES string of the molecule is CCCCCCCOC(CC(OCCC)(OCCC)OCCC)OC(=O)CCCCCCCC(=O)OC(CC(OCCC)(OCCC)OCCC)OCCCCCCC. The number of unbranched alkanes of at least 4 members (excludes halogenated alkanes) is 12. The second kappa shape index (κ2) is 40.7. The van der Waals surface area contributed by atoms with E-state index < -0.39 is 24.5 Å². The first kappa shape index (κ1) is 57.6. The van der Waals surface area contributed by atoms with Gasteiger partial charge >= 0.3 is 11.9 Å². The molecule has 59 heavy (non-hydrogen) atoms. The van der Waals surface area contributed by atoms with Crippen molar-refractivity contribution < 1.29 is 57.0 Å². The first-order valence-electron chi connectivity index (χ1n) is 24.2. The summed E-state index contributed by atoms with van der Waals surface area (Å²) in [6.45, 7) is 20.3. The Morgan fingerprint density at radius 2 is 0.610 bits per heavy atom.